The number of unbranched alkanes of at least 4 members (excludes halogenated alkanes) is 3. The van der Waals surface area contributed by atoms with Crippen LogP contribution in [0.3, 0.4) is 0 Å². The molecule has 5 nitrogen and oxygen atoms in total. The minimum absolute atomic E-state index is 0.224. The summed E-state index contributed by atoms with van der Waals surface area (Å²) in [5, 5.41) is 3.36. The third kappa shape index (κ3) is 6.45. The maximum atomic E-state index is 13.1. The average molecular weight is 335 g/mol. The number of rotatable bonds is 7. The van der Waals surface area contributed by atoms with Gasteiger partial charge >= 0.3 is 0 Å². The maximum absolute atomic E-state index is 13.1. The SMILES string of the molecule is CN1CCN(C(=NCCCCCCN)Nc2ccc(F)cc2)CC1. The molecule has 6 heteroatoms. The Hall–Kier alpha value is -1.66. The van der Waals surface area contributed by atoms with E-state index in [0.29, 0.717) is 0 Å². The summed E-state index contributed by atoms with van der Waals surface area (Å²) < 4.78 is 13.1. The second-order valence-corrected chi connectivity index (χ2v) is 6.33. The number of halogens is 1. The number of guanidine groups is 1. The van der Waals surface area contributed by atoms with Gasteiger partial charge in [-0.2, -0.15) is 0 Å². The average Bonchev–Trinajstić information content (AvgIpc) is 2.59. The Kier molecular flexibility index (Phi) is 7.98. The van der Waals surface area contributed by atoms with Crippen LogP contribution in [0.25, 0.3) is 0 Å². The molecule has 1 aromatic carbocycles. The summed E-state index contributed by atoms with van der Waals surface area (Å²) in [6, 6.07) is 6.44. The van der Waals surface area contributed by atoms with Gasteiger partial charge in [0.05, 0.1) is 0 Å². The molecule has 134 valence electrons. The van der Waals surface area contributed by atoms with Crippen LogP contribution in [0.15, 0.2) is 29.3 Å². The topological polar surface area (TPSA) is 56.9 Å². The van der Waals surface area contributed by atoms with Crippen LogP contribution in [0, 0.1) is 5.82 Å². The van der Waals surface area contributed by atoms with Gasteiger partial charge in [0.25, 0.3) is 0 Å². The van der Waals surface area contributed by atoms with Crippen molar-refractivity contribution in [2.45, 2.75) is 25.7 Å². The van der Waals surface area contributed by atoms with Crippen molar-refractivity contribution in [2.24, 2.45) is 10.7 Å². The van der Waals surface area contributed by atoms with E-state index in [1.54, 1.807) is 12.1 Å². The van der Waals surface area contributed by atoms with E-state index >= 15 is 0 Å². The van der Waals surface area contributed by atoms with Crippen molar-refractivity contribution in [2.75, 3.05) is 51.6 Å². The molecule has 0 radical (unpaired) electrons. The quantitative estimate of drug-likeness (QED) is 0.456. The van der Waals surface area contributed by atoms with Crippen LogP contribution in [-0.4, -0.2) is 62.1 Å². The number of nitrogens with two attached hydrogens (primary N) is 1. The Bertz CT molecular complexity index is 495. The third-order valence-corrected chi connectivity index (χ3v) is 4.28. The molecule has 1 aliphatic rings. The van der Waals surface area contributed by atoms with E-state index in [1.807, 2.05) is 0 Å². The summed E-state index contributed by atoms with van der Waals surface area (Å²) in [4.78, 5) is 9.38. The standard InChI is InChI=1S/C18H30FN5/c1-23-12-14-24(15-13-23)18(21-11-5-3-2-4-10-20)22-17-8-6-16(19)7-9-17/h6-9H,2-5,10-15,20H2,1H3,(H,21,22). The van der Waals surface area contributed by atoms with Gasteiger partial charge in [0, 0.05) is 38.4 Å². The highest BCUT2D eigenvalue weighted by atomic mass is 19.1. The predicted molar refractivity (Wildman–Crippen MR) is 98.9 cm³/mol. The molecular formula is C18H30FN5. The maximum Gasteiger partial charge on any atom is 0.198 e. The normalized spacial score (nSPS) is 16.5. The zero-order chi connectivity index (χ0) is 17.2. The van der Waals surface area contributed by atoms with Crippen molar-refractivity contribution in [3.05, 3.63) is 30.1 Å². The first-order chi connectivity index (χ1) is 11.7. The van der Waals surface area contributed by atoms with Crippen molar-refractivity contribution < 1.29 is 4.39 Å². The number of aliphatic imine (C=N–C) groups is 1. The van der Waals surface area contributed by atoms with Crippen LogP contribution in [0.5, 0.6) is 0 Å². The lowest BCUT2D eigenvalue weighted by molar-refractivity contribution is 0.215. The summed E-state index contributed by atoms with van der Waals surface area (Å²) in [6.07, 6.45) is 4.49. The van der Waals surface area contributed by atoms with Crippen molar-refractivity contribution >= 4 is 11.6 Å². The Morgan fingerprint density at radius 1 is 1.08 bits per heavy atom. The van der Waals surface area contributed by atoms with Gasteiger partial charge in [0.2, 0.25) is 0 Å². The number of nitrogens with zero attached hydrogens (tertiary/aromatic N) is 3. The molecule has 1 aromatic rings. The number of nitrogens with one attached hydrogen (secondary N) is 1. The molecule has 0 aromatic heterocycles. The van der Waals surface area contributed by atoms with Gasteiger partial charge in [0.15, 0.2) is 5.96 Å². The van der Waals surface area contributed by atoms with Crippen LogP contribution >= 0.6 is 0 Å². The molecule has 0 saturated carbocycles. The van der Waals surface area contributed by atoms with Crippen molar-refractivity contribution in [1.29, 1.82) is 0 Å². The molecule has 0 bridgehead atoms. The highest BCUT2D eigenvalue weighted by Gasteiger charge is 2.17. The molecule has 1 aliphatic heterocycles. The predicted octanol–water partition coefficient (Wildman–Crippen LogP) is 2.36. The van der Waals surface area contributed by atoms with Gasteiger partial charge in [-0.3, -0.25) is 4.99 Å². The van der Waals surface area contributed by atoms with E-state index in [-0.39, 0.29) is 5.82 Å². The summed E-state index contributed by atoms with van der Waals surface area (Å²) in [7, 11) is 2.14. The van der Waals surface area contributed by atoms with Gasteiger partial charge in [-0.15, -0.1) is 0 Å². The van der Waals surface area contributed by atoms with Gasteiger partial charge in [-0.25, -0.2) is 4.39 Å². The largest absolute Gasteiger partial charge is 0.340 e. The zero-order valence-electron chi connectivity index (χ0n) is 14.7. The fourth-order valence-corrected chi connectivity index (χ4v) is 2.69. The molecule has 2 rings (SSSR count). The van der Waals surface area contributed by atoms with E-state index in [4.69, 9.17) is 10.7 Å². The fraction of sp³-hybridized carbons (Fsp3) is 0.611. The first kappa shape index (κ1) is 18.7. The van der Waals surface area contributed by atoms with E-state index in [1.165, 1.54) is 18.6 Å². The smallest absolute Gasteiger partial charge is 0.198 e. The Labute approximate surface area is 144 Å². The highest BCUT2D eigenvalue weighted by molar-refractivity contribution is 5.93. The first-order valence-electron chi connectivity index (χ1n) is 8.89. The number of likely N-dealkylation sites (N-methyl/N-ethyl adjacent to an activating group) is 1. The molecule has 0 unspecified atom stereocenters. The first-order valence-corrected chi connectivity index (χ1v) is 8.89. The molecule has 1 fully saturated rings. The Morgan fingerprint density at radius 3 is 2.42 bits per heavy atom. The van der Waals surface area contributed by atoms with Crippen LogP contribution in [0.2, 0.25) is 0 Å². The molecule has 0 aliphatic carbocycles. The highest BCUT2D eigenvalue weighted by Crippen LogP contribution is 2.11. The van der Waals surface area contributed by atoms with Crippen molar-refractivity contribution in [3.8, 4) is 0 Å². The lowest BCUT2D eigenvalue weighted by Gasteiger charge is -2.34. The van der Waals surface area contributed by atoms with E-state index in [0.717, 1.165) is 70.2 Å². The van der Waals surface area contributed by atoms with Crippen LogP contribution < -0.4 is 11.1 Å². The zero-order valence-corrected chi connectivity index (χ0v) is 14.7. The lowest BCUT2D eigenvalue weighted by atomic mass is 10.2. The minimum atomic E-state index is -0.224. The number of anilines is 1. The second-order valence-electron chi connectivity index (χ2n) is 6.33. The van der Waals surface area contributed by atoms with E-state index in [2.05, 4.69) is 22.2 Å². The molecule has 24 heavy (non-hydrogen) atoms. The van der Waals surface area contributed by atoms with Crippen LogP contribution in [0.4, 0.5) is 10.1 Å². The molecular weight excluding hydrogens is 305 g/mol. The molecule has 1 heterocycles. The third-order valence-electron chi connectivity index (χ3n) is 4.28. The Balaban J connectivity index is 1.93. The van der Waals surface area contributed by atoms with Gasteiger partial charge < -0.3 is 20.9 Å². The lowest BCUT2D eigenvalue weighted by Crippen LogP contribution is -2.49. The van der Waals surface area contributed by atoms with E-state index in [9.17, 15) is 4.39 Å². The molecule has 0 atom stereocenters. The summed E-state index contributed by atoms with van der Waals surface area (Å²) in [5.41, 5.74) is 6.39. The second kappa shape index (κ2) is 10.3. The molecule has 0 amide bonds. The number of hydrogen-bond acceptors (Lipinski definition) is 3. The van der Waals surface area contributed by atoms with Crippen LogP contribution in [0.1, 0.15) is 25.7 Å². The summed E-state index contributed by atoms with van der Waals surface area (Å²) in [6.45, 7) is 5.54. The number of benzene rings is 1. The molecule has 1 saturated heterocycles. The van der Waals surface area contributed by atoms with Gasteiger partial charge in [-0.05, 0) is 50.7 Å². The summed E-state index contributed by atoms with van der Waals surface area (Å²) >= 11 is 0. The van der Waals surface area contributed by atoms with Gasteiger partial charge in [-0.1, -0.05) is 12.8 Å². The monoisotopic (exact) mass is 335 g/mol. The van der Waals surface area contributed by atoms with Crippen molar-refractivity contribution in [3.63, 3.8) is 0 Å². The molecule has 0 spiro atoms. The summed E-state index contributed by atoms with van der Waals surface area (Å²) in [5.74, 6) is 0.673. The molecule has 3 N–H and O–H groups in total. The number of piperazine rings is 1. The van der Waals surface area contributed by atoms with Crippen molar-refractivity contribution in [1.82, 2.24) is 9.80 Å². The number of hydrogen-bond donors (Lipinski definition) is 2. The van der Waals surface area contributed by atoms with E-state index < -0.39 is 0 Å². The minimum Gasteiger partial charge on any atom is -0.340 e. The fourth-order valence-electron chi connectivity index (χ4n) is 2.69. The van der Waals surface area contributed by atoms with Crippen LogP contribution in [-0.2, 0) is 0 Å². The van der Waals surface area contributed by atoms with Gasteiger partial charge in [0.1, 0.15) is 5.82 Å². The Morgan fingerprint density at radius 2 is 1.75 bits per heavy atom.